The quantitative estimate of drug-likeness (QED) is 0.684. The first-order chi connectivity index (χ1) is 9.00. The average molecular weight is 284 g/mol. The lowest BCUT2D eigenvalue weighted by molar-refractivity contribution is -0.384. The molecule has 1 aromatic carbocycles. The van der Waals surface area contributed by atoms with Crippen molar-refractivity contribution < 1.29 is 4.92 Å². The van der Waals surface area contributed by atoms with Gasteiger partial charge in [-0.2, -0.15) is 0 Å². The summed E-state index contributed by atoms with van der Waals surface area (Å²) in [6, 6.07) is 4.97. The van der Waals surface area contributed by atoms with E-state index < -0.39 is 0 Å². The van der Waals surface area contributed by atoms with Crippen LogP contribution in [0.1, 0.15) is 19.8 Å². The Hall–Kier alpha value is -1.33. The van der Waals surface area contributed by atoms with Crippen molar-refractivity contribution in [3.05, 3.63) is 33.3 Å². The Bertz CT molecular complexity index is 471. The zero-order valence-electron chi connectivity index (χ0n) is 10.9. The van der Waals surface area contributed by atoms with E-state index in [4.69, 9.17) is 17.3 Å². The number of nitrogens with zero attached hydrogens (tertiary/aromatic N) is 2. The molecule has 0 spiro atoms. The van der Waals surface area contributed by atoms with Gasteiger partial charge in [-0.05, 0) is 31.7 Å². The van der Waals surface area contributed by atoms with E-state index in [1.54, 1.807) is 12.1 Å². The highest BCUT2D eigenvalue weighted by atomic mass is 35.5. The molecular formula is C13H18ClN3O2. The summed E-state index contributed by atoms with van der Waals surface area (Å²) >= 11 is 6.13. The molecule has 0 saturated carbocycles. The lowest BCUT2D eigenvalue weighted by Gasteiger charge is -2.35. The SMILES string of the molecule is CC(N)C1CCN(c2c(Cl)cccc2[N+](=O)[O-])CC1. The molecule has 5 nitrogen and oxygen atoms in total. The molecule has 1 unspecified atom stereocenters. The number of halogens is 1. The molecule has 0 bridgehead atoms. The van der Waals surface area contributed by atoms with Gasteiger partial charge in [0.2, 0.25) is 0 Å². The first-order valence-corrected chi connectivity index (χ1v) is 6.82. The predicted octanol–water partition coefficient (Wildman–Crippen LogP) is 2.81. The van der Waals surface area contributed by atoms with Gasteiger partial charge in [-0.25, -0.2) is 0 Å². The second kappa shape index (κ2) is 5.75. The second-order valence-corrected chi connectivity index (χ2v) is 5.46. The first kappa shape index (κ1) is 14.1. The van der Waals surface area contributed by atoms with Crippen LogP contribution in [0, 0.1) is 16.0 Å². The zero-order chi connectivity index (χ0) is 14.0. The molecule has 1 atom stereocenters. The first-order valence-electron chi connectivity index (χ1n) is 6.44. The van der Waals surface area contributed by atoms with Crippen LogP contribution in [0.15, 0.2) is 18.2 Å². The Balaban J connectivity index is 2.22. The molecule has 104 valence electrons. The van der Waals surface area contributed by atoms with Crippen LogP contribution >= 0.6 is 11.6 Å². The summed E-state index contributed by atoms with van der Waals surface area (Å²) < 4.78 is 0. The van der Waals surface area contributed by atoms with E-state index in [9.17, 15) is 10.1 Å². The summed E-state index contributed by atoms with van der Waals surface area (Å²) in [6.45, 7) is 3.53. The third kappa shape index (κ3) is 2.98. The summed E-state index contributed by atoms with van der Waals surface area (Å²) in [4.78, 5) is 12.7. The van der Waals surface area contributed by atoms with Crippen LogP contribution in [0.2, 0.25) is 5.02 Å². The van der Waals surface area contributed by atoms with Gasteiger partial charge in [0.25, 0.3) is 5.69 Å². The number of para-hydroxylation sites is 1. The number of anilines is 1. The lowest BCUT2D eigenvalue weighted by Crippen LogP contribution is -2.40. The number of nitro benzene ring substituents is 1. The molecular weight excluding hydrogens is 266 g/mol. The van der Waals surface area contributed by atoms with Crippen molar-refractivity contribution in [2.45, 2.75) is 25.8 Å². The van der Waals surface area contributed by atoms with E-state index in [0.717, 1.165) is 25.9 Å². The lowest BCUT2D eigenvalue weighted by atomic mass is 9.90. The Morgan fingerprint density at radius 1 is 1.47 bits per heavy atom. The Morgan fingerprint density at radius 3 is 2.63 bits per heavy atom. The fourth-order valence-electron chi connectivity index (χ4n) is 2.61. The Morgan fingerprint density at radius 2 is 2.11 bits per heavy atom. The van der Waals surface area contributed by atoms with E-state index in [-0.39, 0.29) is 16.7 Å². The highest BCUT2D eigenvalue weighted by molar-refractivity contribution is 6.33. The smallest absolute Gasteiger partial charge is 0.294 e. The topological polar surface area (TPSA) is 72.4 Å². The number of nitro groups is 1. The van der Waals surface area contributed by atoms with Crippen LogP contribution in [-0.2, 0) is 0 Å². The van der Waals surface area contributed by atoms with Gasteiger partial charge >= 0.3 is 0 Å². The van der Waals surface area contributed by atoms with Crippen molar-refractivity contribution in [2.75, 3.05) is 18.0 Å². The molecule has 1 aliphatic heterocycles. The fraction of sp³-hybridized carbons (Fsp3) is 0.538. The van der Waals surface area contributed by atoms with Gasteiger partial charge in [-0.3, -0.25) is 10.1 Å². The van der Waals surface area contributed by atoms with Crippen LogP contribution in [0.3, 0.4) is 0 Å². The highest BCUT2D eigenvalue weighted by Crippen LogP contribution is 2.37. The largest absolute Gasteiger partial charge is 0.365 e. The molecule has 1 fully saturated rings. The third-order valence-corrected chi connectivity index (χ3v) is 4.07. The summed E-state index contributed by atoms with van der Waals surface area (Å²) in [5, 5.41) is 11.5. The third-order valence-electron chi connectivity index (χ3n) is 3.76. The summed E-state index contributed by atoms with van der Waals surface area (Å²) in [7, 11) is 0. The van der Waals surface area contributed by atoms with Gasteiger partial charge in [0.05, 0.1) is 9.95 Å². The molecule has 6 heteroatoms. The molecule has 1 heterocycles. The minimum atomic E-state index is -0.376. The molecule has 19 heavy (non-hydrogen) atoms. The van der Waals surface area contributed by atoms with Crippen molar-refractivity contribution >= 4 is 23.0 Å². The number of hydrogen-bond acceptors (Lipinski definition) is 4. The van der Waals surface area contributed by atoms with E-state index in [1.165, 1.54) is 6.07 Å². The maximum Gasteiger partial charge on any atom is 0.294 e. The number of hydrogen-bond donors (Lipinski definition) is 1. The van der Waals surface area contributed by atoms with E-state index in [2.05, 4.69) is 0 Å². The molecule has 0 radical (unpaired) electrons. The van der Waals surface area contributed by atoms with Crippen LogP contribution in [0.5, 0.6) is 0 Å². The van der Waals surface area contributed by atoms with E-state index in [1.807, 2.05) is 11.8 Å². The van der Waals surface area contributed by atoms with Crippen molar-refractivity contribution in [3.8, 4) is 0 Å². The van der Waals surface area contributed by atoms with Crippen molar-refractivity contribution in [1.29, 1.82) is 0 Å². The van der Waals surface area contributed by atoms with Crippen LogP contribution in [0.4, 0.5) is 11.4 Å². The second-order valence-electron chi connectivity index (χ2n) is 5.05. The average Bonchev–Trinajstić information content (AvgIpc) is 2.38. The molecule has 1 aromatic rings. The number of rotatable bonds is 3. The van der Waals surface area contributed by atoms with Gasteiger partial charge in [0, 0.05) is 25.2 Å². The minimum Gasteiger partial charge on any atom is -0.365 e. The monoisotopic (exact) mass is 283 g/mol. The van der Waals surface area contributed by atoms with Gasteiger partial charge < -0.3 is 10.6 Å². The fourth-order valence-corrected chi connectivity index (χ4v) is 2.90. The number of nitrogens with two attached hydrogens (primary N) is 1. The van der Waals surface area contributed by atoms with Gasteiger partial charge in [0.15, 0.2) is 0 Å². The van der Waals surface area contributed by atoms with Crippen molar-refractivity contribution in [2.24, 2.45) is 11.7 Å². The summed E-state index contributed by atoms with van der Waals surface area (Å²) in [6.07, 6.45) is 1.89. The predicted molar refractivity (Wildman–Crippen MR) is 76.7 cm³/mol. The van der Waals surface area contributed by atoms with Crippen LogP contribution in [0.25, 0.3) is 0 Å². The normalized spacial score (nSPS) is 18.4. The number of benzene rings is 1. The van der Waals surface area contributed by atoms with Crippen LogP contribution in [-0.4, -0.2) is 24.1 Å². The highest BCUT2D eigenvalue weighted by Gasteiger charge is 2.27. The molecule has 2 N–H and O–H groups in total. The molecule has 0 aliphatic carbocycles. The maximum atomic E-state index is 11.1. The van der Waals surface area contributed by atoms with Crippen LogP contribution < -0.4 is 10.6 Å². The summed E-state index contributed by atoms with van der Waals surface area (Å²) in [5.41, 5.74) is 6.52. The van der Waals surface area contributed by atoms with Gasteiger partial charge in [-0.1, -0.05) is 17.7 Å². The maximum absolute atomic E-state index is 11.1. The molecule has 2 rings (SSSR count). The number of piperidine rings is 1. The van der Waals surface area contributed by atoms with E-state index >= 15 is 0 Å². The minimum absolute atomic E-state index is 0.0757. The van der Waals surface area contributed by atoms with Crippen molar-refractivity contribution in [1.82, 2.24) is 0 Å². The molecule has 1 aliphatic rings. The standard InChI is InChI=1S/C13H18ClN3O2/c1-9(15)10-5-7-16(8-6-10)13-11(14)3-2-4-12(13)17(18)19/h2-4,9-10H,5-8,15H2,1H3. The molecule has 1 saturated heterocycles. The van der Waals surface area contributed by atoms with Crippen molar-refractivity contribution in [3.63, 3.8) is 0 Å². The molecule has 0 aromatic heterocycles. The Kier molecular flexibility index (Phi) is 4.27. The Labute approximate surface area is 117 Å². The molecule has 0 amide bonds. The van der Waals surface area contributed by atoms with Gasteiger partial charge in [0.1, 0.15) is 5.69 Å². The summed E-state index contributed by atoms with van der Waals surface area (Å²) in [5.74, 6) is 0.484. The van der Waals surface area contributed by atoms with E-state index in [0.29, 0.717) is 16.6 Å². The van der Waals surface area contributed by atoms with Gasteiger partial charge in [-0.15, -0.1) is 0 Å². The zero-order valence-corrected chi connectivity index (χ0v) is 11.6.